The molecular formula is C21H31N3O3. The number of hydrogen-bond acceptors (Lipinski definition) is 4. The van der Waals surface area contributed by atoms with Crippen LogP contribution in [-0.4, -0.2) is 54.1 Å². The van der Waals surface area contributed by atoms with Gasteiger partial charge < -0.3 is 20.6 Å². The van der Waals surface area contributed by atoms with Crippen molar-refractivity contribution in [2.24, 2.45) is 5.92 Å². The molecule has 1 atom stereocenters. The highest BCUT2D eigenvalue weighted by atomic mass is 16.3. The number of aliphatic hydroxyl groups is 1. The van der Waals surface area contributed by atoms with Crippen molar-refractivity contribution >= 4 is 17.5 Å². The molecule has 0 bridgehead atoms. The van der Waals surface area contributed by atoms with E-state index < -0.39 is 0 Å². The first kappa shape index (κ1) is 19.7. The Morgan fingerprint density at radius 3 is 2.63 bits per heavy atom. The number of benzene rings is 1. The van der Waals surface area contributed by atoms with E-state index in [0.717, 1.165) is 19.4 Å². The number of para-hydroxylation sites is 1. The van der Waals surface area contributed by atoms with Gasteiger partial charge in [0, 0.05) is 18.8 Å². The topological polar surface area (TPSA) is 81.7 Å². The molecule has 2 fully saturated rings. The summed E-state index contributed by atoms with van der Waals surface area (Å²) in [7, 11) is 0. The lowest BCUT2D eigenvalue weighted by Gasteiger charge is -2.24. The third-order valence-electron chi connectivity index (χ3n) is 5.76. The minimum Gasteiger partial charge on any atom is -0.394 e. The zero-order chi connectivity index (χ0) is 19.1. The Kier molecular flexibility index (Phi) is 7.10. The monoisotopic (exact) mass is 373 g/mol. The molecule has 3 rings (SSSR count). The fourth-order valence-corrected chi connectivity index (χ4v) is 4.16. The average Bonchev–Trinajstić information content (AvgIpc) is 3.20. The van der Waals surface area contributed by atoms with Crippen LogP contribution in [0.5, 0.6) is 0 Å². The van der Waals surface area contributed by atoms with E-state index in [1.807, 2.05) is 18.2 Å². The van der Waals surface area contributed by atoms with Gasteiger partial charge in [0.25, 0.3) is 5.91 Å². The van der Waals surface area contributed by atoms with Crippen LogP contribution in [0.25, 0.3) is 0 Å². The molecule has 2 amide bonds. The highest BCUT2D eigenvalue weighted by Gasteiger charge is 2.29. The van der Waals surface area contributed by atoms with Gasteiger partial charge in [0.1, 0.15) is 0 Å². The molecule has 3 N–H and O–H groups in total. The third kappa shape index (κ3) is 5.22. The Balaban J connectivity index is 1.54. The van der Waals surface area contributed by atoms with Crippen LogP contribution in [0, 0.1) is 5.92 Å². The number of rotatable bonds is 7. The molecule has 1 aliphatic carbocycles. The van der Waals surface area contributed by atoms with Crippen LogP contribution < -0.4 is 10.6 Å². The number of nitrogens with one attached hydrogen (secondary N) is 2. The minimum atomic E-state index is -0.107. The summed E-state index contributed by atoms with van der Waals surface area (Å²) in [6.07, 6.45) is 7.99. The maximum atomic E-state index is 12.9. The average molecular weight is 373 g/mol. The Hall–Kier alpha value is -2.08. The highest BCUT2D eigenvalue weighted by molar-refractivity contribution is 6.00. The van der Waals surface area contributed by atoms with Crippen molar-refractivity contribution in [2.45, 2.75) is 51.0 Å². The fraction of sp³-hybridized carbons (Fsp3) is 0.619. The molecule has 1 heterocycles. The molecule has 0 aromatic heterocycles. The first-order valence-electron chi connectivity index (χ1n) is 10.2. The number of hydrogen-bond donors (Lipinski definition) is 3. The normalized spacial score (nSPS) is 20.5. The lowest BCUT2D eigenvalue weighted by atomic mass is 9.89. The summed E-state index contributed by atoms with van der Waals surface area (Å²) in [5, 5.41) is 15.6. The van der Waals surface area contributed by atoms with Crippen molar-refractivity contribution < 1.29 is 14.7 Å². The van der Waals surface area contributed by atoms with Crippen LogP contribution >= 0.6 is 0 Å². The van der Waals surface area contributed by atoms with Crippen molar-refractivity contribution in [2.75, 3.05) is 31.6 Å². The summed E-state index contributed by atoms with van der Waals surface area (Å²) in [5.74, 6) is 0.469. The number of carbonyl (C=O) groups is 2. The van der Waals surface area contributed by atoms with Crippen molar-refractivity contribution in [3.05, 3.63) is 29.8 Å². The van der Waals surface area contributed by atoms with E-state index in [9.17, 15) is 14.7 Å². The van der Waals surface area contributed by atoms with E-state index in [1.54, 1.807) is 11.0 Å². The molecule has 1 unspecified atom stereocenters. The quantitative estimate of drug-likeness (QED) is 0.685. The minimum absolute atomic E-state index is 0.00902. The summed E-state index contributed by atoms with van der Waals surface area (Å²) >= 11 is 0. The Morgan fingerprint density at radius 1 is 1.07 bits per heavy atom. The van der Waals surface area contributed by atoms with Crippen LogP contribution in [0.3, 0.4) is 0 Å². The van der Waals surface area contributed by atoms with E-state index in [0.29, 0.717) is 23.7 Å². The summed E-state index contributed by atoms with van der Waals surface area (Å²) in [5.41, 5.74) is 1.22. The van der Waals surface area contributed by atoms with E-state index in [-0.39, 0.29) is 31.0 Å². The van der Waals surface area contributed by atoms with Crippen molar-refractivity contribution in [1.82, 2.24) is 10.2 Å². The van der Waals surface area contributed by atoms with E-state index in [1.165, 1.54) is 32.1 Å². The van der Waals surface area contributed by atoms with E-state index in [2.05, 4.69) is 10.6 Å². The Bertz CT molecular complexity index is 643. The molecule has 148 valence electrons. The molecule has 0 spiro atoms. The SMILES string of the molecule is O=C(CNc1ccccc1C(=O)N1CCCC1CO)NCC1CCCCC1. The first-order chi connectivity index (χ1) is 13.2. The summed E-state index contributed by atoms with van der Waals surface area (Å²) < 4.78 is 0. The Labute approximate surface area is 161 Å². The lowest BCUT2D eigenvalue weighted by Crippen LogP contribution is -2.38. The zero-order valence-electron chi connectivity index (χ0n) is 16.0. The first-order valence-corrected chi connectivity index (χ1v) is 10.2. The predicted octanol–water partition coefficient (Wildman–Crippen LogP) is 2.39. The highest BCUT2D eigenvalue weighted by Crippen LogP contribution is 2.24. The van der Waals surface area contributed by atoms with Crippen molar-refractivity contribution in [3.63, 3.8) is 0 Å². The van der Waals surface area contributed by atoms with Gasteiger partial charge in [0.15, 0.2) is 0 Å². The van der Waals surface area contributed by atoms with Crippen LogP contribution in [0.15, 0.2) is 24.3 Å². The molecule has 0 radical (unpaired) electrons. The third-order valence-corrected chi connectivity index (χ3v) is 5.76. The van der Waals surface area contributed by atoms with Gasteiger partial charge in [0.2, 0.25) is 5.91 Å². The standard InChI is InChI=1S/C21H31N3O3/c25-15-17-9-6-12-24(17)21(27)18-10-4-5-11-19(18)22-14-20(26)23-13-16-7-2-1-3-8-16/h4-5,10-11,16-17,22,25H,1-3,6-9,12-15H2,(H,23,26). The second-order valence-electron chi connectivity index (χ2n) is 7.68. The summed E-state index contributed by atoms with van der Waals surface area (Å²) in [6.45, 7) is 1.55. The predicted molar refractivity (Wildman–Crippen MR) is 106 cm³/mol. The van der Waals surface area contributed by atoms with E-state index in [4.69, 9.17) is 0 Å². The number of likely N-dealkylation sites (tertiary alicyclic amines) is 1. The van der Waals surface area contributed by atoms with Gasteiger partial charge in [-0.25, -0.2) is 0 Å². The molecular weight excluding hydrogens is 342 g/mol. The molecule has 2 aliphatic rings. The van der Waals surface area contributed by atoms with Gasteiger partial charge in [-0.05, 0) is 43.7 Å². The smallest absolute Gasteiger partial charge is 0.256 e. The Morgan fingerprint density at radius 2 is 1.85 bits per heavy atom. The van der Waals surface area contributed by atoms with Gasteiger partial charge in [-0.3, -0.25) is 9.59 Å². The number of carbonyl (C=O) groups excluding carboxylic acids is 2. The van der Waals surface area contributed by atoms with Crippen LogP contribution in [0.1, 0.15) is 55.3 Å². The molecule has 6 nitrogen and oxygen atoms in total. The van der Waals surface area contributed by atoms with Crippen molar-refractivity contribution in [3.8, 4) is 0 Å². The number of anilines is 1. The molecule has 1 aromatic carbocycles. The van der Waals surface area contributed by atoms with Crippen LogP contribution in [0.4, 0.5) is 5.69 Å². The zero-order valence-corrected chi connectivity index (χ0v) is 16.0. The second-order valence-corrected chi connectivity index (χ2v) is 7.68. The van der Waals surface area contributed by atoms with Gasteiger partial charge in [-0.15, -0.1) is 0 Å². The maximum Gasteiger partial charge on any atom is 0.256 e. The van der Waals surface area contributed by atoms with E-state index >= 15 is 0 Å². The van der Waals surface area contributed by atoms with Crippen LogP contribution in [-0.2, 0) is 4.79 Å². The van der Waals surface area contributed by atoms with Gasteiger partial charge in [-0.1, -0.05) is 31.4 Å². The fourth-order valence-electron chi connectivity index (χ4n) is 4.16. The number of nitrogens with zero attached hydrogens (tertiary/aromatic N) is 1. The number of aliphatic hydroxyl groups excluding tert-OH is 1. The van der Waals surface area contributed by atoms with Crippen LogP contribution in [0.2, 0.25) is 0 Å². The van der Waals surface area contributed by atoms with Gasteiger partial charge in [0.05, 0.1) is 24.8 Å². The number of amides is 2. The van der Waals surface area contributed by atoms with Gasteiger partial charge >= 0.3 is 0 Å². The largest absolute Gasteiger partial charge is 0.394 e. The van der Waals surface area contributed by atoms with Gasteiger partial charge in [-0.2, -0.15) is 0 Å². The molecule has 27 heavy (non-hydrogen) atoms. The molecule has 6 heteroatoms. The molecule has 1 saturated carbocycles. The molecule has 1 aromatic rings. The summed E-state index contributed by atoms with van der Waals surface area (Å²) in [6, 6.07) is 7.17. The molecule has 1 aliphatic heterocycles. The van der Waals surface area contributed by atoms with Crippen molar-refractivity contribution in [1.29, 1.82) is 0 Å². The second kappa shape index (κ2) is 9.74. The summed E-state index contributed by atoms with van der Waals surface area (Å²) in [4.78, 5) is 26.8. The molecule has 1 saturated heterocycles. The lowest BCUT2D eigenvalue weighted by molar-refractivity contribution is -0.119. The maximum absolute atomic E-state index is 12.9.